The Morgan fingerprint density at radius 3 is 2.67 bits per heavy atom. The van der Waals surface area contributed by atoms with E-state index < -0.39 is 17.8 Å². The summed E-state index contributed by atoms with van der Waals surface area (Å²) >= 11 is 1.54. The van der Waals surface area contributed by atoms with Crippen LogP contribution >= 0.6 is 11.3 Å². The van der Waals surface area contributed by atoms with Gasteiger partial charge in [-0.25, -0.2) is 9.78 Å². The van der Waals surface area contributed by atoms with Crippen LogP contribution in [0.5, 0.6) is 5.75 Å². The van der Waals surface area contributed by atoms with E-state index in [4.69, 9.17) is 15.2 Å². The summed E-state index contributed by atoms with van der Waals surface area (Å²) in [4.78, 5) is 45.0. The summed E-state index contributed by atoms with van der Waals surface area (Å²) in [5.74, 6) is -1.18. The first-order chi connectivity index (χ1) is 20.9. The minimum Gasteiger partial charge on any atom is -0.493 e. The number of thiophene rings is 1. The third-order valence-corrected chi connectivity index (χ3v) is 8.00. The van der Waals surface area contributed by atoms with E-state index in [9.17, 15) is 19.6 Å². The second kappa shape index (κ2) is 12.9. The van der Waals surface area contributed by atoms with Gasteiger partial charge in [-0.3, -0.25) is 9.59 Å². The molecule has 4 N–H and O–H groups in total. The fraction of sp³-hybridized carbons (Fsp3) is 0.219. The number of methoxy groups -OCH3 is 1. The number of aromatic nitrogens is 1. The lowest BCUT2D eigenvalue weighted by molar-refractivity contribution is 0.0594. The Labute approximate surface area is 252 Å². The first-order valence-corrected chi connectivity index (χ1v) is 14.6. The summed E-state index contributed by atoms with van der Waals surface area (Å²) in [6.07, 6.45) is 1.43. The number of esters is 1. The molecular formula is C32H29N5O5S. The third kappa shape index (κ3) is 5.97. The number of benzene rings is 2. The standard InChI is InChI=1S/C32H29N5O5S/c1-3-10-35-31(39)26-7-5-21(28(36-26)32(40)41-2)22-15-27-24(29-19(8-11-42-27)9-12-43-29)14-23(22)30(38)37-25-6-4-18(16-33)13-20(25)17-34/h4-7,9,12-15H,3,8,10-11,16,33H2,1-2H3,(H,35,39)(H,37,38). The molecule has 43 heavy (non-hydrogen) atoms. The lowest BCUT2D eigenvalue weighted by Crippen LogP contribution is -2.26. The molecule has 2 amide bonds. The molecule has 0 bridgehead atoms. The van der Waals surface area contributed by atoms with Gasteiger partial charge in [0.15, 0.2) is 5.69 Å². The van der Waals surface area contributed by atoms with Crippen LogP contribution in [0.25, 0.3) is 21.6 Å². The number of nitrogens with two attached hydrogens (primary N) is 1. The molecule has 3 heterocycles. The van der Waals surface area contributed by atoms with Crippen molar-refractivity contribution in [1.29, 1.82) is 5.26 Å². The largest absolute Gasteiger partial charge is 0.493 e. The second-order valence-corrected chi connectivity index (χ2v) is 10.7. The number of pyridine rings is 1. The molecule has 0 atom stereocenters. The van der Waals surface area contributed by atoms with E-state index in [1.54, 1.807) is 47.7 Å². The van der Waals surface area contributed by atoms with Crippen molar-refractivity contribution in [2.45, 2.75) is 26.3 Å². The number of carbonyl (C=O) groups is 3. The number of anilines is 1. The number of carbonyl (C=O) groups excluding carboxylic acids is 3. The first kappa shape index (κ1) is 29.4. The molecule has 10 nitrogen and oxygen atoms in total. The predicted molar refractivity (Wildman–Crippen MR) is 163 cm³/mol. The highest BCUT2D eigenvalue weighted by Crippen LogP contribution is 2.43. The highest BCUT2D eigenvalue weighted by Gasteiger charge is 2.27. The van der Waals surface area contributed by atoms with Crippen molar-refractivity contribution in [3.8, 4) is 33.4 Å². The summed E-state index contributed by atoms with van der Waals surface area (Å²) in [7, 11) is 1.22. The van der Waals surface area contributed by atoms with Crippen molar-refractivity contribution in [1.82, 2.24) is 10.3 Å². The van der Waals surface area contributed by atoms with Crippen LogP contribution in [0.2, 0.25) is 0 Å². The molecule has 1 aliphatic rings. The van der Waals surface area contributed by atoms with Crippen LogP contribution in [0.4, 0.5) is 5.69 Å². The quantitative estimate of drug-likeness (QED) is 0.242. The molecule has 0 saturated carbocycles. The van der Waals surface area contributed by atoms with Crippen LogP contribution in [-0.4, -0.2) is 43.0 Å². The maximum atomic E-state index is 14.0. The Balaban J connectivity index is 1.69. The number of nitriles is 1. The summed E-state index contributed by atoms with van der Waals surface area (Å²) in [5.41, 5.74) is 9.65. The Morgan fingerprint density at radius 1 is 1.09 bits per heavy atom. The van der Waals surface area contributed by atoms with Crippen LogP contribution in [0.3, 0.4) is 0 Å². The van der Waals surface area contributed by atoms with Gasteiger partial charge in [0.1, 0.15) is 17.5 Å². The lowest BCUT2D eigenvalue weighted by atomic mass is 9.93. The van der Waals surface area contributed by atoms with Crippen molar-refractivity contribution < 1.29 is 23.9 Å². The zero-order chi connectivity index (χ0) is 30.5. The molecule has 0 unspecified atom stereocenters. The van der Waals surface area contributed by atoms with Gasteiger partial charge >= 0.3 is 5.97 Å². The van der Waals surface area contributed by atoms with Gasteiger partial charge in [0.25, 0.3) is 11.8 Å². The maximum absolute atomic E-state index is 14.0. The molecule has 1 aliphatic heterocycles. The number of nitrogens with one attached hydrogen (secondary N) is 2. The summed E-state index contributed by atoms with van der Waals surface area (Å²) in [6.45, 7) is 3.05. The number of rotatable bonds is 8. The Kier molecular flexibility index (Phi) is 8.80. The van der Waals surface area contributed by atoms with Crippen molar-refractivity contribution >= 4 is 34.8 Å². The molecule has 0 fully saturated rings. The summed E-state index contributed by atoms with van der Waals surface area (Å²) in [6, 6.07) is 15.6. The molecule has 0 spiro atoms. The van der Waals surface area contributed by atoms with Gasteiger partial charge in [-0.05, 0) is 65.4 Å². The average Bonchev–Trinajstić information content (AvgIpc) is 3.44. The fourth-order valence-corrected chi connectivity index (χ4v) is 5.80. The zero-order valence-electron chi connectivity index (χ0n) is 23.7. The maximum Gasteiger partial charge on any atom is 0.357 e. The van der Waals surface area contributed by atoms with E-state index in [2.05, 4.69) is 21.7 Å². The average molecular weight is 596 g/mol. The fourth-order valence-electron chi connectivity index (χ4n) is 4.82. The molecule has 11 heteroatoms. The van der Waals surface area contributed by atoms with E-state index in [-0.39, 0.29) is 34.6 Å². The smallest absolute Gasteiger partial charge is 0.357 e. The SMILES string of the molecule is CCCNC(=O)c1ccc(-c2cc3c(cc2C(=O)Nc2ccc(CN)cc2C#N)-c2sccc2CCO3)c(C(=O)OC)n1. The molecule has 4 aromatic rings. The van der Waals surface area contributed by atoms with Crippen LogP contribution in [-0.2, 0) is 17.7 Å². The van der Waals surface area contributed by atoms with Crippen molar-refractivity contribution in [2.75, 3.05) is 25.6 Å². The minimum absolute atomic E-state index is 0.0384. The molecule has 0 radical (unpaired) electrons. The molecular weight excluding hydrogens is 566 g/mol. The number of fused-ring (bicyclic) bond motifs is 3. The monoisotopic (exact) mass is 595 g/mol. The highest BCUT2D eigenvalue weighted by molar-refractivity contribution is 7.13. The van der Waals surface area contributed by atoms with E-state index >= 15 is 0 Å². The van der Waals surface area contributed by atoms with Crippen LogP contribution in [0.1, 0.15) is 61.4 Å². The van der Waals surface area contributed by atoms with Gasteiger partial charge in [-0.2, -0.15) is 5.26 Å². The van der Waals surface area contributed by atoms with Gasteiger partial charge in [0.05, 0.1) is 25.0 Å². The van der Waals surface area contributed by atoms with E-state index in [0.29, 0.717) is 36.6 Å². The molecule has 218 valence electrons. The highest BCUT2D eigenvalue weighted by atomic mass is 32.1. The Morgan fingerprint density at radius 2 is 1.93 bits per heavy atom. The number of hydrogen-bond acceptors (Lipinski definition) is 9. The van der Waals surface area contributed by atoms with Gasteiger partial charge in [-0.15, -0.1) is 11.3 Å². The van der Waals surface area contributed by atoms with Crippen molar-refractivity contribution in [3.05, 3.63) is 87.6 Å². The van der Waals surface area contributed by atoms with Crippen molar-refractivity contribution in [2.24, 2.45) is 5.73 Å². The number of hydrogen-bond donors (Lipinski definition) is 3. The Bertz CT molecular complexity index is 1770. The van der Waals surface area contributed by atoms with Crippen molar-refractivity contribution in [3.63, 3.8) is 0 Å². The van der Waals surface area contributed by atoms with E-state index in [1.165, 1.54) is 13.2 Å². The van der Waals surface area contributed by atoms with Gasteiger partial charge in [-0.1, -0.05) is 13.0 Å². The zero-order valence-corrected chi connectivity index (χ0v) is 24.5. The molecule has 0 aliphatic carbocycles. The van der Waals surface area contributed by atoms with Crippen LogP contribution in [0, 0.1) is 11.3 Å². The molecule has 2 aromatic heterocycles. The summed E-state index contributed by atoms with van der Waals surface area (Å²) in [5, 5.41) is 17.3. The minimum atomic E-state index is -0.771. The van der Waals surface area contributed by atoms with Gasteiger partial charge in [0, 0.05) is 46.6 Å². The third-order valence-electron chi connectivity index (χ3n) is 7.01. The van der Waals surface area contributed by atoms with Gasteiger partial charge < -0.3 is 25.8 Å². The molecule has 2 aromatic carbocycles. The lowest BCUT2D eigenvalue weighted by Gasteiger charge is -2.18. The van der Waals surface area contributed by atoms with Gasteiger partial charge in [0.2, 0.25) is 0 Å². The van der Waals surface area contributed by atoms with Crippen LogP contribution < -0.4 is 21.1 Å². The number of amides is 2. The Hall–Kier alpha value is -5.05. The first-order valence-electron chi connectivity index (χ1n) is 13.7. The molecule has 0 saturated heterocycles. The van der Waals surface area contributed by atoms with E-state index in [0.717, 1.165) is 28.0 Å². The number of ether oxygens (including phenoxy) is 2. The summed E-state index contributed by atoms with van der Waals surface area (Å²) < 4.78 is 11.1. The molecule has 5 rings (SSSR count). The number of nitrogens with zero attached hydrogens (tertiary/aromatic N) is 2. The second-order valence-electron chi connectivity index (χ2n) is 9.76. The topological polar surface area (TPSA) is 156 Å². The predicted octanol–water partition coefficient (Wildman–Crippen LogP) is 4.92. The normalized spacial score (nSPS) is 11.7. The van der Waals surface area contributed by atoms with Crippen LogP contribution in [0.15, 0.2) is 53.9 Å². The van der Waals surface area contributed by atoms with E-state index in [1.807, 2.05) is 18.4 Å².